The Morgan fingerprint density at radius 2 is 2.00 bits per heavy atom. The Morgan fingerprint density at radius 1 is 1.28 bits per heavy atom. The summed E-state index contributed by atoms with van der Waals surface area (Å²) in [5, 5.41) is 11.3. The van der Waals surface area contributed by atoms with Gasteiger partial charge in [0.2, 0.25) is 10.0 Å². The van der Waals surface area contributed by atoms with Gasteiger partial charge in [-0.2, -0.15) is 0 Å². The van der Waals surface area contributed by atoms with Gasteiger partial charge in [0.05, 0.1) is 17.0 Å². The molecule has 0 aliphatic carbocycles. The average Bonchev–Trinajstić information content (AvgIpc) is 3.07. The zero-order valence-corrected chi connectivity index (χ0v) is 17.1. The predicted octanol–water partition coefficient (Wildman–Crippen LogP) is 4.20. The second kappa shape index (κ2) is 8.08. The number of pyridine rings is 1. The molecule has 9 heteroatoms. The number of hydrogen-bond donors (Lipinski definition) is 3. The number of aliphatic hydroxyl groups excluding tert-OH is 1. The first-order valence-corrected chi connectivity index (χ1v) is 10.9. The van der Waals surface area contributed by atoms with Crippen molar-refractivity contribution in [2.45, 2.75) is 39.2 Å². The summed E-state index contributed by atoms with van der Waals surface area (Å²) in [6.07, 6.45) is 1.83. The number of sulfonamides is 1. The summed E-state index contributed by atoms with van der Waals surface area (Å²) >= 11 is 0. The van der Waals surface area contributed by atoms with Crippen molar-refractivity contribution in [2.24, 2.45) is 0 Å². The number of benzene rings is 1. The number of aromatic amines is 1. The molecule has 0 saturated carbocycles. The lowest BCUT2D eigenvalue weighted by molar-refractivity contribution is 0.211. The zero-order chi connectivity index (χ0) is 21.3. The van der Waals surface area contributed by atoms with Crippen molar-refractivity contribution in [3.8, 4) is 0 Å². The van der Waals surface area contributed by atoms with E-state index in [-0.39, 0.29) is 17.2 Å². The fourth-order valence-corrected chi connectivity index (χ4v) is 4.26. The van der Waals surface area contributed by atoms with E-state index in [2.05, 4.69) is 14.7 Å². The molecule has 0 spiro atoms. The van der Waals surface area contributed by atoms with Gasteiger partial charge in [0, 0.05) is 23.3 Å². The van der Waals surface area contributed by atoms with Crippen molar-refractivity contribution in [1.82, 2.24) is 9.97 Å². The molecule has 3 rings (SSSR count). The van der Waals surface area contributed by atoms with Crippen LogP contribution in [0.2, 0.25) is 0 Å². The Morgan fingerprint density at radius 3 is 2.66 bits per heavy atom. The molecule has 0 saturated heterocycles. The van der Waals surface area contributed by atoms with Gasteiger partial charge in [0.1, 0.15) is 17.6 Å². The maximum Gasteiger partial charge on any atom is 0.232 e. The van der Waals surface area contributed by atoms with E-state index in [1.165, 1.54) is 6.20 Å². The molecular weight excluding hydrogens is 400 g/mol. The van der Waals surface area contributed by atoms with Crippen LogP contribution in [0.1, 0.15) is 55.9 Å². The summed E-state index contributed by atoms with van der Waals surface area (Å²) in [5.74, 6) is -2.15. The smallest absolute Gasteiger partial charge is 0.232 e. The highest BCUT2D eigenvalue weighted by Gasteiger charge is 2.26. The monoisotopic (exact) mass is 423 g/mol. The topological polar surface area (TPSA) is 95.1 Å². The summed E-state index contributed by atoms with van der Waals surface area (Å²) in [4.78, 5) is 7.17. The highest BCUT2D eigenvalue weighted by atomic mass is 32.2. The summed E-state index contributed by atoms with van der Waals surface area (Å²) in [6.45, 7) is 5.64. The van der Waals surface area contributed by atoms with Crippen molar-refractivity contribution in [3.63, 3.8) is 0 Å². The number of nitrogens with zero attached hydrogens (tertiary/aromatic N) is 1. The van der Waals surface area contributed by atoms with Gasteiger partial charge >= 0.3 is 0 Å². The predicted molar refractivity (Wildman–Crippen MR) is 108 cm³/mol. The number of hydrogen-bond acceptors (Lipinski definition) is 4. The van der Waals surface area contributed by atoms with Crippen molar-refractivity contribution in [2.75, 3.05) is 10.5 Å². The number of aromatic nitrogens is 2. The van der Waals surface area contributed by atoms with Crippen LogP contribution < -0.4 is 4.72 Å². The number of anilines is 1. The number of aliphatic hydroxyl groups is 1. The Balaban J connectivity index is 2.08. The van der Waals surface area contributed by atoms with Crippen LogP contribution in [0.15, 0.2) is 30.6 Å². The minimum atomic E-state index is -3.78. The summed E-state index contributed by atoms with van der Waals surface area (Å²) in [7, 11) is -3.78. The lowest BCUT2D eigenvalue weighted by atomic mass is 9.98. The summed E-state index contributed by atoms with van der Waals surface area (Å²) in [5.41, 5.74) is 0.602. The van der Waals surface area contributed by atoms with Gasteiger partial charge in [0.25, 0.3) is 0 Å². The number of nitrogens with one attached hydrogen (secondary N) is 2. The molecule has 0 radical (unpaired) electrons. The molecule has 1 unspecified atom stereocenters. The van der Waals surface area contributed by atoms with Gasteiger partial charge in [0.15, 0.2) is 5.82 Å². The van der Waals surface area contributed by atoms with Gasteiger partial charge in [-0.05, 0) is 36.1 Å². The van der Waals surface area contributed by atoms with Crippen LogP contribution in [0.25, 0.3) is 11.0 Å². The van der Waals surface area contributed by atoms with Gasteiger partial charge in [-0.15, -0.1) is 0 Å². The molecule has 1 atom stereocenters. The number of H-pyrrole nitrogens is 1. The third kappa shape index (κ3) is 4.25. The van der Waals surface area contributed by atoms with Crippen LogP contribution in [0.5, 0.6) is 0 Å². The van der Waals surface area contributed by atoms with Crippen LogP contribution in [0.4, 0.5) is 14.5 Å². The Bertz CT molecular complexity index is 1140. The van der Waals surface area contributed by atoms with E-state index in [1.54, 1.807) is 13.1 Å². The molecule has 2 aromatic heterocycles. The van der Waals surface area contributed by atoms with Crippen LogP contribution in [0.3, 0.4) is 0 Å². The standard InChI is InChI=1S/C20H23F2N3O3S/c1-4-7-29(27,28)25-16-6-5-15(21)17(18(16)22)19(26)14-10-24-20-13(14)8-12(9-23-20)11(2)3/h5-6,8-11,19,25-26H,4,7H2,1-3H3,(H,23,24). The second-order valence-corrected chi connectivity index (χ2v) is 9.05. The molecule has 0 bridgehead atoms. The molecule has 3 N–H and O–H groups in total. The minimum absolute atomic E-state index is 0.177. The zero-order valence-electron chi connectivity index (χ0n) is 16.3. The summed E-state index contributed by atoms with van der Waals surface area (Å²) in [6, 6.07) is 3.74. The highest BCUT2D eigenvalue weighted by Crippen LogP contribution is 2.34. The van der Waals surface area contributed by atoms with Gasteiger partial charge in [-0.25, -0.2) is 22.2 Å². The molecule has 0 amide bonds. The number of fused-ring (bicyclic) bond motifs is 1. The first-order chi connectivity index (χ1) is 13.6. The minimum Gasteiger partial charge on any atom is -0.383 e. The molecule has 6 nitrogen and oxygen atoms in total. The molecule has 0 fully saturated rings. The maximum absolute atomic E-state index is 15.0. The number of rotatable bonds is 7. The van der Waals surface area contributed by atoms with E-state index in [0.29, 0.717) is 17.5 Å². The first-order valence-electron chi connectivity index (χ1n) is 9.28. The molecule has 156 valence electrons. The van der Waals surface area contributed by atoms with E-state index in [4.69, 9.17) is 0 Å². The lowest BCUT2D eigenvalue weighted by Gasteiger charge is -2.16. The fourth-order valence-electron chi connectivity index (χ4n) is 3.12. The van der Waals surface area contributed by atoms with Crippen molar-refractivity contribution >= 4 is 26.7 Å². The van der Waals surface area contributed by atoms with E-state index >= 15 is 4.39 Å². The van der Waals surface area contributed by atoms with Crippen LogP contribution in [-0.4, -0.2) is 29.2 Å². The lowest BCUT2D eigenvalue weighted by Crippen LogP contribution is -2.18. The Kier molecular flexibility index (Phi) is 5.90. The van der Waals surface area contributed by atoms with E-state index in [9.17, 15) is 17.9 Å². The first kappa shape index (κ1) is 21.2. The van der Waals surface area contributed by atoms with E-state index < -0.39 is 39.0 Å². The van der Waals surface area contributed by atoms with Gasteiger partial charge < -0.3 is 10.1 Å². The van der Waals surface area contributed by atoms with Crippen molar-refractivity contribution < 1.29 is 22.3 Å². The fraction of sp³-hybridized carbons (Fsp3) is 0.350. The molecule has 0 aliphatic heterocycles. The van der Waals surface area contributed by atoms with Crippen LogP contribution in [0, 0.1) is 11.6 Å². The second-order valence-electron chi connectivity index (χ2n) is 7.21. The van der Waals surface area contributed by atoms with Gasteiger partial charge in [-0.3, -0.25) is 4.72 Å². The van der Waals surface area contributed by atoms with Gasteiger partial charge in [-0.1, -0.05) is 20.8 Å². The van der Waals surface area contributed by atoms with Crippen molar-refractivity contribution in [1.29, 1.82) is 0 Å². The molecular formula is C20H23F2N3O3S. The maximum atomic E-state index is 15.0. The van der Waals surface area contributed by atoms with Crippen LogP contribution >= 0.6 is 0 Å². The van der Waals surface area contributed by atoms with E-state index in [0.717, 1.165) is 17.7 Å². The Labute approximate surface area is 168 Å². The molecule has 1 aromatic carbocycles. The average molecular weight is 423 g/mol. The Hall–Kier alpha value is -2.52. The molecule has 0 aliphatic rings. The normalized spacial score (nSPS) is 13.2. The van der Waals surface area contributed by atoms with Crippen molar-refractivity contribution in [3.05, 3.63) is 58.9 Å². The van der Waals surface area contributed by atoms with E-state index in [1.807, 2.05) is 19.9 Å². The summed E-state index contributed by atoms with van der Waals surface area (Å²) < 4.78 is 55.5. The molecule has 29 heavy (non-hydrogen) atoms. The largest absolute Gasteiger partial charge is 0.383 e. The highest BCUT2D eigenvalue weighted by molar-refractivity contribution is 7.92. The molecule has 3 aromatic rings. The number of halogens is 2. The third-order valence-corrected chi connectivity index (χ3v) is 6.16. The van der Waals surface area contributed by atoms with Crippen LogP contribution in [-0.2, 0) is 10.0 Å². The SMILES string of the molecule is CCCS(=O)(=O)Nc1ccc(F)c(C(O)c2c[nH]c3ncc(C(C)C)cc23)c1F. The molecule has 2 heterocycles. The quantitative estimate of drug-likeness (QED) is 0.531. The third-order valence-electron chi connectivity index (χ3n) is 4.68.